The Hall–Kier alpha value is -3.24. The Morgan fingerprint density at radius 3 is 3.00 bits per heavy atom. The number of ether oxygens (including phenoxy) is 1. The van der Waals surface area contributed by atoms with Crippen LogP contribution < -0.4 is 15.4 Å². The van der Waals surface area contributed by atoms with Crippen molar-refractivity contribution in [3.63, 3.8) is 0 Å². The van der Waals surface area contributed by atoms with E-state index in [0.29, 0.717) is 17.2 Å². The lowest BCUT2D eigenvalue weighted by atomic mass is 10.2. The van der Waals surface area contributed by atoms with Gasteiger partial charge in [-0.25, -0.2) is 0 Å². The maximum atomic E-state index is 12.2. The fourth-order valence-corrected chi connectivity index (χ4v) is 2.26. The standard InChI is InChI=1S/C16H10ClN3O4/c17-11-5-13-14(24-8-15(21)19-13)6-12(11)20-16(22)9(7-18)4-10-2-1-3-23-10/h1-6H,8H2,(H,19,21)(H,20,22). The molecule has 8 heteroatoms. The van der Waals surface area contributed by atoms with Crippen LogP contribution in [0.15, 0.2) is 40.5 Å². The second-order valence-electron chi connectivity index (χ2n) is 4.80. The van der Waals surface area contributed by atoms with Crippen LogP contribution in [-0.4, -0.2) is 18.4 Å². The summed E-state index contributed by atoms with van der Waals surface area (Å²) < 4.78 is 10.3. The number of hydrogen-bond donors (Lipinski definition) is 2. The molecular weight excluding hydrogens is 334 g/mol. The molecule has 2 aromatic rings. The van der Waals surface area contributed by atoms with Crippen molar-refractivity contribution in [2.24, 2.45) is 0 Å². The Labute approximate surface area is 141 Å². The van der Waals surface area contributed by atoms with E-state index >= 15 is 0 Å². The number of halogens is 1. The molecule has 0 saturated heterocycles. The van der Waals surface area contributed by atoms with Gasteiger partial charge in [-0.2, -0.15) is 5.26 Å². The number of benzene rings is 1. The van der Waals surface area contributed by atoms with E-state index in [1.807, 2.05) is 0 Å². The van der Waals surface area contributed by atoms with E-state index in [-0.39, 0.29) is 28.8 Å². The first-order chi connectivity index (χ1) is 11.6. The monoisotopic (exact) mass is 343 g/mol. The van der Waals surface area contributed by atoms with Gasteiger partial charge < -0.3 is 19.8 Å². The van der Waals surface area contributed by atoms with E-state index < -0.39 is 5.91 Å². The number of amides is 2. The smallest absolute Gasteiger partial charge is 0.266 e. The number of fused-ring (bicyclic) bond motifs is 1. The number of rotatable bonds is 3. The minimum absolute atomic E-state index is 0.121. The predicted octanol–water partition coefficient (Wildman–Crippen LogP) is 2.81. The van der Waals surface area contributed by atoms with E-state index in [1.54, 1.807) is 18.2 Å². The summed E-state index contributed by atoms with van der Waals surface area (Å²) in [5, 5.41) is 14.5. The number of carbonyl (C=O) groups is 2. The van der Waals surface area contributed by atoms with Gasteiger partial charge in [0.2, 0.25) is 0 Å². The van der Waals surface area contributed by atoms with Crippen molar-refractivity contribution in [3.05, 3.63) is 46.9 Å². The largest absolute Gasteiger partial charge is 0.482 e. The van der Waals surface area contributed by atoms with Crippen LogP contribution in [0.2, 0.25) is 5.02 Å². The summed E-state index contributed by atoms with van der Waals surface area (Å²) in [7, 11) is 0. The molecule has 0 bridgehead atoms. The molecule has 0 atom stereocenters. The van der Waals surface area contributed by atoms with Crippen molar-refractivity contribution in [2.45, 2.75) is 0 Å². The predicted molar refractivity (Wildman–Crippen MR) is 86.5 cm³/mol. The minimum Gasteiger partial charge on any atom is -0.482 e. The lowest BCUT2D eigenvalue weighted by Gasteiger charge is -2.19. The lowest BCUT2D eigenvalue weighted by Crippen LogP contribution is -2.25. The summed E-state index contributed by atoms with van der Waals surface area (Å²) in [4.78, 5) is 23.5. The highest BCUT2D eigenvalue weighted by Crippen LogP contribution is 2.36. The highest BCUT2D eigenvalue weighted by Gasteiger charge is 2.20. The molecule has 120 valence electrons. The summed E-state index contributed by atoms with van der Waals surface area (Å²) in [5.41, 5.74) is 0.533. The number of carbonyl (C=O) groups excluding carboxylic acids is 2. The molecule has 0 spiro atoms. The zero-order valence-corrected chi connectivity index (χ0v) is 12.9. The molecule has 1 aliphatic rings. The quantitative estimate of drug-likeness (QED) is 0.658. The zero-order chi connectivity index (χ0) is 17.1. The molecule has 0 aliphatic carbocycles. The average molecular weight is 344 g/mol. The summed E-state index contributed by atoms with van der Waals surface area (Å²) in [5.74, 6) is -0.175. The maximum absolute atomic E-state index is 12.2. The highest BCUT2D eigenvalue weighted by atomic mass is 35.5. The summed E-state index contributed by atoms with van der Waals surface area (Å²) in [6.07, 6.45) is 2.75. The van der Waals surface area contributed by atoms with E-state index in [2.05, 4.69) is 10.6 Å². The third-order valence-corrected chi connectivity index (χ3v) is 3.46. The molecule has 3 rings (SSSR count). The van der Waals surface area contributed by atoms with Gasteiger partial charge in [0, 0.05) is 12.1 Å². The van der Waals surface area contributed by atoms with Crippen LogP contribution in [0.4, 0.5) is 11.4 Å². The van der Waals surface area contributed by atoms with Gasteiger partial charge in [0.25, 0.3) is 11.8 Å². The molecule has 0 saturated carbocycles. The number of nitriles is 1. The molecule has 1 aromatic carbocycles. The Balaban J connectivity index is 1.84. The lowest BCUT2D eigenvalue weighted by molar-refractivity contribution is -0.118. The van der Waals surface area contributed by atoms with Crippen LogP contribution in [-0.2, 0) is 9.59 Å². The normalized spacial score (nSPS) is 13.3. The van der Waals surface area contributed by atoms with Crippen molar-refractivity contribution in [2.75, 3.05) is 17.2 Å². The van der Waals surface area contributed by atoms with Gasteiger partial charge in [-0.1, -0.05) is 11.6 Å². The molecule has 1 aliphatic heterocycles. The molecule has 2 N–H and O–H groups in total. The first-order valence-corrected chi connectivity index (χ1v) is 7.17. The number of anilines is 2. The third-order valence-electron chi connectivity index (χ3n) is 3.15. The molecule has 2 heterocycles. The Morgan fingerprint density at radius 1 is 1.46 bits per heavy atom. The molecule has 2 amide bonds. The third kappa shape index (κ3) is 3.24. The molecular formula is C16H10ClN3O4. The number of furan rings is 1. The van der Waals surface area contributed by atoms with Crippen molar-refractivity contribution in [3.8, 4) is 11.8 Å². The van der Waals surface area contributed by atoms with Crippen LogP contribution in [0.5, 0.6) is 5.75 Å². The van der Waals surface area contributed by atoms with E-state index in [9.17, 15) is 9.59 Å². The van der Waals surface area contributed by atoms with Crippen molar-refractivity contribution < 1.29 is 18.7 Å². The molecule has 1 aromatic heterocycles. The van der Waals surface area contributed by atoms with Crippen molar-refractivity contribution >= 4 is 40.9 Å². The summed E-state index contributed by atoms with van der Waals surface area (Å²) >= 11 is 6.10. The van der Waals surface area contributed by atoms with Crippen molar-refractivity contribution in [1.82, 2.24) is 0 Å². The molecule has 0 radical (unpaired) electrons. The molecule has 0 unspecified atom stereocenters. The van der Waals surface area contributed by atoms with Gasteiger partial charge in [-0.3, -0.25) is 9.59 Å². The van der Waals surface area contributed by atoms with Crippen LogP contribution in [0.1, 0.15) is 5.76 Å². The number of nitrogens with zero attached hydrogens (tertiary/aromatic N) is 1. The number of hydrogen-bond acceptors (Lipinski definition) is 5. The Kier molecular flexibility index (Phi) is 4.22. The van der Waals surface area contributed by atoms with Crippen LogP contribution >= 0.6 is 11.6 Å². The summed E-state index contributed by atoms with van der Waals surface area (Å²) in [6.45, 7) is -0.121. The van der Waals surface area contributed by atoms with Gasteiger partial charge in [-0.05, 0) is 18.2 Å². The van der Waals surface area contributed by atoms with Crippen LogP contribution in [0.3, 0.4) is 0 Å². The molecule has 24 heavy (non-hydrogen) atoms. The number of nitrogens with one attached hydrogen (secondary N) is 2. The highest BCUT2D eigenvalue weighted by molar-refractivity contribution is 6.34. The van der Waals surface area contributed by atoms with E-state index in [4.69, 9.17) is 26.0 Å². The topological polar surface area (TPSA) is 104 Å². The van der Waals surface area contributed by atoms with Crippen molar-refractivity contribution in [1.29, 1.82) is 5.26 Å². The first-order valence-electron chi connectivity index (χ1n) is 6.79. The van der Waals surface area contributed by atoms with E-state index in [0.717, 1.165) is 0 Å². The minimum atomic E-state index is -0.643. The van der Waals surface area contributed by atoms with Gasteiger partial charge in [-0.15, -0.1) is 0 Å². The zero-order valence-electron chi connectivity index (χ0n) is 12.1. The Morgan fingerprint density at radius 2 is 2.29 bits per heavy atom. The molecule has 7 nitrogen and oxygen atoms in total. The fraction of sp³-hybridized carbons (Fsp3) is 0.0625. The van der Waals surface area contributed by atoms with Crippen LogP contribution in [0, 0.1) is 11.3 Å². The van der Waals surface area contributed by atoms with Gasteiger partial charge in [0.1, 0.15) is 23.2 Å². The summed E-state index contributed by atoms with van der Waals surface area (Å²) in [6, 6.07) is 8.01. The van der Waals surface area contributed by atoms with Crippen LogP contribution in [0.25, 0.3) is 6.08 Å². The van der Waals surface area contributed by atoms with E-state index in [1.165, 1.54) is 24.5 Å². The average Bonchev–Trinajstić information content (AvgIpc) is 3.06. The maximum Gasteiger partial charge on any atom is 0.266 e. The SMILES string of the molecule is N#CC(=Cc1ccco1)C(=O)Nc1cc2c(cc1Cl)NC(=O)CO2. The molecule has 0 fully saturated rings. The Bertz CT molecular complexity index is 881. The second-order valence-corrected chi connectivity index (χ2v) is 5.21. The van der Waals surface area contributed by atoms with Gasteiger partial charge in [0.05, 0.1) is 22.7 Å². The first kappa shape index (κ1) is 15.6. The fourth-order valence-electron chi connectivity index (χ4n) is 2.05. The van der Waals surface area contributed by atoms with Gasteiger partial charge in [0.15, 0.2) is 6.61 Å². The second kappa shape index (κ2) is 6.48. The van der Waals surface area contributed by atoms with Gasteiger partial charge >= 0.3 is 0 Å².